The lowest BCUT2D eigenvalue weighted by Crippen LogP contribution is -2.52. The number of anilines is 3. The molecule has 0 aromatic heterocycles. The standard InChI is InChI=1S/C25H21Cl2N5O4S/c26-18-10-9-17(13-19(18)27)37(35,36)32-21-4-2-1-3-20(21)31-25(34)22(32)14-23(33)30-16-7-5-15(6-8-16)24-28-11-12-29-24/h1-10,13,22H,11-12,14H2,(H,28,29)(H,30,33)(H,31,34). The van der Waals surface area contributed by atoms with E-state index in [9.17, 15) is 18.0 Å². The number of aliphatic imine (C=N–C) groups is 1. The summed E-state index contributed by atoms with van der Waals surface area (Å²) in [6.07, 6.45) is -0.420. The van der Waals surface area contributed by atoms with Gasteiger partial charge in [-0.15, -0.1) is 0 Å². The van der Waals surface area contributed by atoms with Crippen LogP contribution in [0.15, 0.2) is 76.6 Å². The molecule has 0 bridgehead atoms. The number of para-hydroxylation sites is 2. The Hall–Kier alpha value is -3.60. The zero-order chi connectivity index (χ0) is 26.2. The monoisotopic (exact) mass is 557 g/mol. The van der Waals surface area contributed by atoms with Crippen molar-refractivity contribution in [3.8, 4) is 0 Å². The molecule has 2 heterocycles. The number of nitrogens with one attached hydrogen (secondary N) is 3. The second-order valence-electron chi connectivity index (χ2n) is 8.39. The third-order valence-electron chi connectivity index (χ3n) is 5.93. The Morgan fingerprint density at radius 1 is 1.05 bits per heavy atom. The Kier molecular flexibility index (Phi) is 6.80. The first-order chi connectivity index (χ1) is 17.7. The number of halogens is 2. The molecule has 2 aliphatic heterocycles. The average Bonchev–Trinajstić information content (AvgIpc) is 3.41. The zero-order valence-corrected chi connectivity index (χ0v) is 21.6. The minimum Gasteiger partial charge on any atom is -0.368 e. The molecule has 3 aromatic carbocycles. The maximum atomic E-state index is 13.8. The summed E-state index contributed by atoms with van der Waals surface area (Å²) in [7, 11) is -4.30. The minimum atomic E-state index is -4.30. The zero-order valence-electron chi connectivity index (χ0n) is 19.2. The van der Waals surface area contributed by atoms with Gasteiger partial charge in [0, 0.05) is 17.8 Å². The third kappa shape index (κ3) is 5.00. The van der Waals surface area contributed by atoms with Gasteiger partial charge in [0.05, 0.1) is 39.3 Å². The number of hydrogen-bond donors (Lipinski definition) is 3. The predicted octanol–water partition coefficient (Wildman–Crippen LogP) is 3.89. The molecule has 190 valence electrons. The summed E-state index contributed by atoms with van der Waals surface area (Å²) in [5, 5.41) is 8.86. The molecule has 1 atom stereocenters. The number of nitrogens with zero attached hydrogens (tertiary/aromatic N) is 2. The van der Waals surface area contributed by atoms with Crippen molar-refractivity contribution in [2.75, 3.05) is 28.0 Å². The van der Waals surface area contributed by atoms with Crippen LogP contribution in [-0.2, 0) is 19.6 Å². The van der Waals surface area contributed by atoms with Crippen LogP contribution >= 0.6 is 23.2 Å². The highest BCUT2D eigenvalue weighted by molar-refractivity contribution is 7.93. The Morgan fingerprint density at radius 3 is 2.51 bits per heavy atom. The summed E-state index contributed by atoms with van der Waals surface area (Å²) >= 11 is 12.1. The van der Waals surface area contributed by atoms with E-state index in [2.05, 4.69) is 20.9 Å². The van der Waals surface area contributed by atoms with E-state index >= 15 is 0 Å². The Bertz CT molecular complexity index is 1530. The molecule has 0 aliphatic carbocycles. The van der Waals surface area contributed by atoms with E-state index in [1.165, 1.54) is 18.2 Å². The normalized spacial score (nSPS) is 16.9. The van der Waals surface area contributed by atoms with Crippen LogP contribution in [0.3, 0.4) is 0 Å². The van der Waals surface area contributed by atoms with Crippen LogP contribution in [0.4, 0.5) is 17.1 Å². The smallest absolute Gasteiger partial charge is 0.265 e. The van der Waals surface area contributed by atoms with Crippen molar-refractivity contribution in [2.45, 2.75) is 17.4 Å². The van der Waals surface area contributed by atoms with Gasteiger partial charge in [0.1, 0.15) is 11.9 Å². The average molecular weight is 558 g/mol. The van der Waals surface area contributed by atoms with E-state index in [0.29, 0.717) is 17.9 Å². The molecule has 12 heteroatoms. The molecular formula is C25H21Cl2N5O4S. The summed E-state index contributed by atoms with van der Waals surface area (Å²) in [5.74, 6) is -0.366. The molecule has 0 saturated heterocycles. The summed E-state index contributed by atoms with van der Waals surface area (Å²) in [4.78, 5) is 30.3. The lowest BCUT2D eigenvalue weighted by Gasteiger charge is -2.36. The largest absolute Gasteiger partial charge is 0.368 e. The number of fused-ring (bicyclic) bond motifs is 1. The van der Waals surface area contributed by atoms with E-state index in [4.69, 9.17) is 23.2 Å². The van der Waals surface area contributed by atoms with E-state index in [0.717, 1.165) is 22.2 Å². The van der Waals surface area contributed by atoms with Gasteiger partial charge in [-0.05, 0) is 54.6 Å². The quantitative estimate of drug-likeness (QED) is 0.424. The number of carbonyl (C=O) groups excluding carboxylic acids is 2. The van der Waals surface area contributed by atoms with Crippen molar-refractivity contribution in [1.82, 2.24) is 5.32 Å². The van der Waals surface area contributed by atoms with Gasteiger partial charge in [0.25, 0.3) is 10.0 Å². The minimum absolute atomic E-state index is 0.0500. The molecule has 9 nitrogen and oxygen atoms in total. The maximum absolute atomic E-state index is 13.8. The number of benzene rings is 3. The highest BCUT2D eigenvalue weighted by Crippen LogP contribution is 2.38. The Balaban J connectivity index is 1.43. The molecule has 1 unspecified atom stereocenters. The van der Waals surface area contributed by atoms with Crippen LogP contribution in [-0.4, -0.2) is 45.2 Å². The molecule has 0 spiro atoms. The number of amides is 2. The SMILES string of the molecule is O=C(CC1C(=O)Nc2ccccc2N1S(=O)(=O)c1ccc(Cl)c(Cl)c1)Nc1ccc(C2=NCCN2)cc1. The third-order valence-corrected chi connectivity index (χ3v) is 8.49. The van der Waals surface area contributed by atoms with Gasteiger partial charge in [-0.2, -0.15) is 0 Å². The first kappa shape index (κ1) is 25.1. The molecule has 37 heavy (non-hydrogen) atoms. The van der Waals surface area contributed by atoms with Crippen LogP contribution in [0.5, 0.6) is 0 Å². The number of hydrogen-bond acceptors (Lipinski definition) is 6. The lowest BCUT2D eigenvalue weighted by molar-refractivity contribution is -0.122. The molecule has 3 N–H and O–H groups in total. The van der Waals surface area contributed by atoms with E-state index in [-0.39, 0.29) is 20.6 Å². The lowest BCUT2D eigenvalue weighted by atomic mass is 10.1. The van der Waals surface area contributed by atoms with Crippen LogP contribution in [0.2, 0.25) is 10.0 Å². The highest BCUT2D eigenvalue weighted by atomic mass is 35.5. The van der Waals surface area contributed by atoms with Crippen molar-refractivity contribution >= 4 is 67.9 Å². The molecule has 0 radical (unpaired) electrons. The van der Waals surface area contributed by atoms with Crippen LogP contribution in [0.1, 0.15) is 12.0 Å². The van der Waals surface area contributed by atoms with Crippen LogP contribution < -0.4 is 20.3 Å². The summed E-state index contributed by atoms with van der Waals surface area (Å²) in [5.41, 5.74) is 1.94. The highest BCUT2D eigenvalue weighted by Gasteiger charge is 2.42. The fraction of sp³-hybridized carbons (Fsp3) is 0.160. The number of carbonyl (C=O) groups is 2. The number of sulfonamides is 1. The van der Waals surface area contributed by atoms with Crippen molar-refractivity contribution in [1.29, 1.82) is 0 Å². The Labute approximate surface area is 223 Å². The Morgan fingerprint density at radius 2 is 1.81 bits per heavy atom. The summed E-state index contributed by atoms with van der Waals surface area (Å²) in [6.45, 7) is 1.49. The van der Waals surface area contributed by atoms with Gasteiger partial charge >= 0.3 is 0 Å². The van der Waals surface area contributed by atoms with Crippen molar-refractivity contribution < 1.29 is 18.0 Å². The fourth-order valence-electron chi connectivity index (χ4n) is 4.18. The van der Waals surface area contributed by atoms with Crippen molar-refractivity contribution in [2.24, 2.45) is 4.99 Å². The summed E-state index contributed by atoms with van der Waals surface area (Å²) in [6, 6.07) is 16.1. The maximum Gasteiger partial charge on any atom is 0.265 e. The van der Waals surface area contributed by atoms with Gasteiger partial charge in [-0.3, -0.25) is 18.9 Å². The van der Waals surface area contributed by atoms with Gasteiger partial charge in [-0.1, -0.05) is 35.3 Å². The molecule has 0 fully saturated rings. The molecule has 2 aliphatic rings. The first-order valence-corrected chi connectivity index (χ1v) is 13.5. The molecule has 3 aromatic rings. The van der Waals surface area contributed by atoms with Gasteiger partial charge < -0.3 is 16.0 Å². The van der Waals surface area contributed by atoms with Crippen LogP contribution in [0.25, 0.3) is 0 Å². The van der Waals surface area contributed by atoms with Gasteiger partial charge in [0.2, 0.25) is 11.8 Å². The fourth-order valence-corrected chi connectivity index (χ4v) is 6.20. The second kappa shape index (κ2) is 10.0. The predicted molar refractivity (Wildman–Crippen MR) is 144 cm³/mol. The van der Waals surface area contributed by atoms with Gasteiger partial charge in [-0.25, -0.2) is 8.42 Å². The molecule has 2 amide bonds. The van der Waals surface area contributed by atoms with Crippen molar-refractivity contribution in [3.05, 3.63) is 82.3 Å². The number of amidine groups is 1. The second-order valence-corrected chi connectivity index (χ2v) is 11.0. The first-order valence-electron chi connectivity index (χ1n) is 11.3. The van der Waals surface area contributed by atoms with Crippen LogP contribution in [0, 0.1) is 0 Å². The van der Waals surface area contributed by atoms with E-state index in [1.807, 2.05) is 12.1 Å². The molecule has 5 rings (SSSR count). The van der Waals surface area contributed by atoms with E-state index in [1.54, 1.807) is 36.4 Å². The topological polar surface area (TPSA) is 120 Å². The molecular weight excluding hydrogens is 537 g/mol. The van der Waals surface area contributed by atoms with E-state index < -0.39 is 34.3 Å². The number of rotatable bonds is 6. The summed E-state index contributed by atoms with van der Waals surface area (Å²) < 4.78 is 28.5. The van der Waals surface area contributed by atoms with Crippen molar-refractivity contribution in [3.63, 3.8) is 0 Å². The van der Waals surface area contributed by atoms with Gasteiger partial charge in [0.15, 0.2) is 0 Å². The molecule has 0 saturated carbocycles.